The normalized spacial score (nSPS) is 10.1. The van der Waals surface area contributed by atoms with Crippen molar-refractivity contribution in [3.8, 4) is 0 Å². The Bertz CT molecular complexity index is 602. The summed E-state index contributed by atoms with van der Waals surface area (Å²) in [7, 11) is 3.38. The molecule has 0 aliphatic carbocycles. The fourth-order valence-electron chi connectivity index (χ4n) is 1.67. The molecule has 5 heteroatoms. The van der Waals surface area contributed by atoms with Gasteiger partial charge in [0.1, 0.15) is 12.9 Å². The Morgan fingerprint density at radius 3 is 2.65 bits per heavy atom. The van der Waals surface area contributed by atoms with Crippen LogP contribution in [0.15, 0.2) is 47.3 Å². The largest absolute Gasteiger partial charge is 0.472 e. The van der Waals surface area contributed by atoms with Crippen LogP contribution in [0, 0.1) is 0 Å². The third-order valence-electron chi connectivity index (χ3n) is 2.71. The summed E-state index contributed by atoms with van der Waals surface area (Å²) >= 11 is 0. The summed E-state index contributed by atoms with van der Waals surface area (Å²) in [6.07, 6.45) is 2.74. The van der Waals surface area contributed by atoms with Crippen LogP contribution in [0.3, 0.4) is 0 Å². The van der Waals surface area contributed by atoms with Crippen molar-refractivity contribution in [2.45, 2.75) is 6.61 Å². The molecule has 20 heavy (non-hydrogen) atoms. The van der Waals surface area contributed by atoms with Crippen molar-refractivity contribution in [1.29, 1.82) is 0 Å². The van der Waals surface area contributed by atoms with Crippen molar-refractivity contribution >= 4 is 11.9 Å². The lowest BCUT2D eigenvalue weighted by Gasteiger charge is -2.11. The molecule has 0 saturated carbocycles. The van der Waals surface area contributed by atoms with Crippen LogP contribution in [0.5, 0.6) is 0 Å². The lowest BCUT2D eigenvalue weighted by molar-refractivity contribution is 0.0472. The Kier molecular flexibility index (Phi) is 4.20. The standard InChI is InChI=1S/C15H15NO4/c1-16(2)14(17)12-5-3-4-11(8-12)9-20-15(18)13-6-7-19-10-13/h3-8,10H,9H2,1-2H3. The molecule has 1 aromatic carbocycles. The molecule has 1 amide bonds. The average molecular weight is 273 g/mol. The number of carbonyl (C=O) groups is 2. The Morgan fingerprint density at radius 1 is 1.20 bits per heavy atom. The Labute approximate surface area is 116 Å². The number of hydrogen-bond acceptors (Lipinski definition) is 4. The minimum atomic E-state index is -0.455. The number of rotatable bonds is 4. The number of carbonyl (C=O) groups excluding carboxylic acids is 2. The molecule has 0 bridgehead atoms. The van der Waals surface area contributed by atoms with E-state index in [4.69, 9.17) is 9.15 Å². The first-order valence-corrected chi connectivity index (χ1v) is 6.08. The van der Waals surface area contributed by atoms with Crippen LogP contribution in [-0.2, 0) is 11.3 Å². The van der Waals surface area contributed by atoms with Crippen molar-refractivity contribution in [3.63, 3.8) is 0 Å². The van der Waals surface area contributed by atoms with E-state index in [0.717, 1.165) is 5.56 Å². The first kappa shape index (κ1) is 13.9. The molecule has 0 aliphatic heterocycles. The third kappa shape index (κ3) is 3.26. The van der Waals surface area contributed by atoms with E-state index in [1.807, 2.05) is 0 Å². The molecular weight excluding hydrogens is 258 g/mol. The lowest BCUT2D eigenvalue weighted by Crippen LogP contribution is -2.21. The molecule has 2 rings (SSSR count). The Morgan fingerprint density at radius 2 is 2.00 bits per heavy atom. The van der Waals surface area contributed by atoms with Crippen LogP contribution in [0.25, 0.3) is 0 Å². The van der Waals surface area contributed by atoms with E-state index >= 15 is 0 Å². The molecule has 0 spiro atoms. The van der Waals surface area contributed by atoms with Gasteiger partial charge in [-0.05, 0) is 23.8 Å². The highest BCUT2D eigenvalue weighted by molar-refractivity contribution is 5.94. The topological polar surface area (TPSA) is 59.8 Å². The predicted octanol–water partition coefficient (Wildman–Crippen LogP) is 2.34. The van der Waals surface area contributed by atoms with E-state index in [1.54, 1.807) is 38.4 Å². The van der Waals surface area contributed by atoms with Gasteiger partial charge < -0.3 is 14.1 Å². The second-order valence-corrected chi connectivity index (χ2v) is 4.49. The summed E-state index contributed by atoms with van der Waals surface area (Å²) in [6.45, 7) is 0.110. The first-order chi connectivity index (χ1) is 9.58. The van der Waals surface area contributed by atoms with Crippen LogP contribution in [0.2, 0.25) is 0 Å². The van der Waals surface area contributed by atoms with E-state index in [1.165, 1.54) is 23.5 Å². The quantitative estimate of drug-likeness (QED) is 0.802. The Hall–Kier alpha value is -2.56. The van der Waals surface area contributed by atoms with E-state index in [0.29, 0.717) is 11.1 Å². The maximum Gasteiger partial charge on any atom is 0.341 e. The van der Waals surface area contributed by atoms with Gasteiger partial charge in [-0.25, -0.2) is 4.79 Å². The van der Waals surface area contributed by atoms with Crippen LogP contribution >= 0.6 is 0 Å². The number of amides is 1. The van der Waals surface area contributed by atoms with Gasteiger partial charge in [0.05, 0.1) is 11.8 Å². The molecule has 0 saturated heterocycles. The number of nitrogens with zero attached hydrogens (tertiary/aromatic N) is 1. The van der Waals surface area contributed by atoms with Crippen LogP contribution < -0.4 is 0 Å². The summed E-state index contributed by atoms with van der Waals surface area (Å²) in [6, 6.07) is 8.54. The minimum absolute atomic E-state index is 0.0898. The van der Waals surface area contributed by atoms with Crippen molar-refractivity contribution in [2.75, 3.05) is 14.1 Å². The highest BCUT2D eigenvalue weighted by Crippen LogP contribution is 2.10. The molecule has 1 heterocycles. The summed E-state index contributed by atoms with van der Waals surface area (Å²) in [4.78, 5) is 25.0. The molecule has 0 N–H and O–H groups in total. The number of hydrogen-bond donors (Lipinski definition) is 0. The van der Waals surface area contributed by atoms with Crippen LogP contribution in [-0.4, -0.2) is 30.9 Å². The molecule has 0 fully saturated rings. The fraction of sp³-hybridized carbons (Fsp3) is 0.200. The van der Waals surface area contributed by atoms with Crippen molar-refractivity contribution < 1.29 is 18.7 Å². The van der Waals surface area contributed by atoms with Crippen LogP contribution in [0.4, 0.5) is 0 Å². The van der Waals surface area contributed by atoms with E-state index in [9.17, 15) is 9.59 Å². The molecule has 0 atom stereocenters. The zero-order valence-corrected chi connectivity index (χ0v) is 11.3. The summed E-state index contributed by atoms with van der Waals surface area (Å²) < 4.78 is 9.96. The molecule has 0 radical (unpaired) electrons. The van der Waals surface area contributed by atoms with E-state index < -0.39 is 5.97 Å². The summed E-state index contributed by atoms with van der Waals surface area (Å²) in [5, 5.41) is 0. The van der Waals surface area contributed by atoms with Gasteiger partial charge in [0.25, 0.3) is 5.91 Å². The van der Waals surface area contributed by atoms with Gasteiger partial charge >= 0.3 is 5.97 Å². The molecule has 0 unspecified atom stereocenters. The average Bonchev–Trinajstić information content (AvgIpc) is 2.98. The Balaban J connectivity index is 2.02. The number of ether oxygens (including phenoxy) is 1. The second kappa shape index (κ2) is 6.06. The molecule has 1 aromatic heterocycles. The smallest absolute Gasteiger partial charge is 0.341 e. The SMILES string of the molecule is CN(C)C(=O)c1cccc(COC(=O)c2ccoc2)c1. The van der Waals surface area contributed by atoms with E-state index in [2.05, 4.69) is 0 Å². The molecule has 104 valence electrons. The number of furan rings is 1. The lowest BCUT2D eigenvalue weighted by atomic mass is 10.1. The predicted molar refractivity (Wildman–Crippen MR) is 72.3 cm³/mol. The summed E-state index contributed by atoms with van der Waals surface area (Å²) in [5.74, 6) is -0.545. The van der Waals surface area contributed by atoms with E-state index in [-0.39, 0.29) is 12.5 Å². The van der Waals surface area contributed by atoms with Gasteiger partial charge in [-0.15, -0.1) is 0 Å². The maximum absolute atomic E-state index is 11.8. The molecule has 5 nitrogen and oxygen atoms in total. The molecular formula is C15H15NO4. The minimum Gasteiger partial charge on any atom is -0.472 e. The molecule has 0 aliphatic rings. The van der Waals surface area contributed by atoms with Gasteiger partial charge in [0.2, 0.25) is 0 Å². The zero-order chi connectivity index (χ0) is 14.5. The van der Waals surface area contributed by atoms with Crippen molar-refractivity contribution in [2.24, 2.45) is 0 Å². The third-order valence-corrected chi connectivity index (χ3v) is 2.71. The highest BCUT2D eigenvalue weighted by Gasteiger charge is 2.11. The highest BCUT2D eigenvalue weighted by atomic mass is 16.5. The van der Waals surface area contributed by atoms with Crippen molar-refractivity contribution in [1.82, 2.24) is 4.90 Å². The van der Waals surface area contributed by atoms with Crippen LogP contribution in [0.1, 0.15) is 26.3 Å². The number of esters is 1. The van der Waals surface area contributed by atoms with Crippen molar-refractivity contribution in [3.05, 3.63) is 59.5 Å². The number of benzene rings is 1. The van der Waals surface area contributed by atoms with Gasteiger partial charge in [0.15, 0.2) is 0 Å². The van der Waals surface area contributed by atoms with Gasteiger partial charge in [-0.2, -0.15) is 0 Å². The van der Waals surface area contributed by atoms with Gasteiger partial charge in [-0.3, -0.25) is 4.79 Å². The zero-order valence-electron chi connectivity index (χ0n) is 11.3. The van der Waals surface area contributed by atoms with Gasteiger partial charge in [0, 0.05) is 19.7 Å². The fourth-order valence-corrected chi connectivity index (χ4v) is 1.67. The molecule has 2 aromatic rings. The van der Waals surface area contributed by atoms with Gasteiger partial charge in [-0.1, -0.05) is 12.1 Å². The summed E-state index contributed by atoms with van der Waals surface area (Å²) in [5.41, 5.74) is 1.69. The first-order valence-electron chi connectivity index (χ1n) is 6.08. The monoisotopic (exact) mass is 273 g/mol. The maximum atomic E-state index is 11.8. The second-order valence-electron chi connectivity index (χ2n) is 4.49.